The third kappa shape index (κ3) is 3.37. The number of hydrogen-bond acceptors (Lipinski definition) is 3. The minimum atomic E-state index is -0.177. The predicted octanol–water partition coefficient (Wildman–Crippen LogP) is 1.86. The summed E-state index contributed by atoms with van der Waals surface area (Å²) >= 11 is 5.91. The lowest BCUT2D eigenvalue weighted by atomic mass is 10.1. The smallest absolute Gasteiger partial charge is 0.254 e. The molecule has 5 nitrogen and oxygen atoms in total. The molecule has 18 heavy (non-hydrogen) atoms. The lowest BCUT2D eigenvalue weighted by Gasteiger charge is -2.20. The Balaban J connectivity index is 2.93. The van der Waals surface area contributed by atoms with E-state index in [1.807, 2.05) is 13.8 Å². The molecule has 0 atom stereocenters. The van der Waals surface area contributed by atoms with Gasteiger partial charge in [0.05, 0.1) is 6.54 Å². The Morgan fingerprint density at radius 2 is 2.22 bits per heavy atom. The molecular weight excluding hydrogens is 254 g/mol. The van der Waals surface area contributed by atoms with Crippen molar-refractivity contribution in [1.82, 2.24) is 4.90 Å². The summed E-state index contributed by atoms with van der Waals surface area (Å²) in [4.78, 5) is 13.7. The number of likely N-dealkylation sites (N-methyl/N-ethyl adjacent to an activating group) is 1. The quantitative estimate of drug-likeness (QED) is 0.379. The van der Waals surface area contributed by atoms with E-state index in [0.29, 0.717) is 17.1 Å². The third-order valence-electron chi connectivity index (χ3n) is 2.56. The van der Waals surface area contributed by atoms with Gasteiger partial charge in [0.2, 0.25) is 0 Å². The van der Waals surface area contributed by atoms with Crippen molar-refractivity contribution in [3.05, 3.63) is 34.3 Å². The molecule has 0 aliphatic rings. The van der Waals surface area contributed by atoms with Crippen LogP contribution >= 0.6 is 11.6 Å². The molecule has 0 fully saturated rings. The number of halogens is 1. The highest BCUT2D eigenvalue weighted by Crippen LogP contribution is 2.17. The Hall–Kier alpha value is -1.75. The van der Waals surface area contributed by atoms with E-state index in [9.17, 15) is 4.79 Å². The summed E-state index contributed by atoms with van der Waals surface area (Å²) in [6.45, 7) is 4.22. The highest BCUT2D eigenvalue weighted by atomic mass is 35.5. The van der Waals surface area contributed by atoms with Gasteiger partial charge in [0.1, 0.15) is 0 Å². The van der Waals surface area contributed by atoms with Gasteiger partial charge in [0, 0.05) is 17.1 Å². The summed E-state index contributed by atoms with van der Waals surface area (Å²) < 4.78 is 0. The standard InChI is InChI=1S/C12H16ClN3O2/c1-3-16(7-11(14)15-18)12(17)9-4-5-10(13)8(2)6-9/h4-6,18H,3,7H2,1-2H3,(H2,14,15). The predicted molar refractivity (Wildman–Crippen MR) is 71.2 cm³/mol. The number of nitrogens with zero attached hydrogens (tertiary/aromatic N) is 2. The number of nitrogens with two attached hydrogens (primary N) is 1. The first-order chi connectivity index (χ1) is 8.49. The molecule has 0 aromatic heterocycles. The third-order valence-corrected chi connectivity index (χ3v) is 2.98. The zero-order valence-electron chi connectivity index (χ0n) is 10.4. The topological polar surface area (TPSA) is 78.9 Å². The van der Waals surface area contributed by atoms with E-state index in [2.05, 4.69) is 5.16 Å². The lowest BCUT2D eigenvalue weighted by molar-refractivity contribution is 0.0786. The number of carbonyl (C=O) groups excluding carboxylic acids is 1. The van der Waals surface area contributed by atoms with Crippen molar-refractivity contribution in [1.29, 1.82) is 0 Å². The molecule has 1 aromatic rings. The summed E-state index contributed by atoms with van der Waals surface area (Å²) in [5, 5.41) is 12.0. The molecule has 1 aromatic carbocycles. The van der Waals surface area contributed by atoms with Crippen LogP contribution in [0.15, 0.2) is 23.4 Å². The van der Waals surface area contributed by atoms with Crippen molar-refractivity contribution in [3.63, 3.8) is 0 Å². The molecular formula is C12H16ClN3O2. The number of amidine groups is 1. The van der Waals surface area contributed by atoms with Gasteiger partial charge in [-0.15, -0.1) is 0 Å². The maximum atomic E-state index is 12.2. The minimum Gasteiger partial charge on any atom is -0.409 e. The van der Waals surface area contributed by atoms with Crippen molar-refractivity contribution in [2.45, 2.75) is 13.8 Å². The van der Waals surface area contributed by atoms with E-state index in [0.717, 1.165) is 5.56 Å². The Bertz CT molecular complexity index is 474. The first kappa shape index (κ1) is 14.3. The van der Waals surface area contributed by atoms with Crippen LogP contribution in [-0.4, -0.2) is 34.9 Å². The van der Waals surface area contributed by atoms with Crippen molar-refractivity contribution >= 4 is 23.3 Å². The average Bonchev–Trinajstić information content (AvgIpc) is 2.38. The number of hydrogen-bond donors (Lipinski definition) is 2. The van der Waals surface area contributed by atoms with Crippen LogP contribution in [0.2, 0.25) is 5.02 Å². The van der Waals surface area contributed by atoms with E-state index in [4.69, 9.17) is 22.5 Å². The molecule has 1 rings (SSSR count). The van der Waals surface area contributed by atoms with Crippen LogP contribution in [0, 0.1) is 6.92 Å². The first-order valence-corrected chi connectivity index (χ1v) is 5.89. The van der Waals surface area contributed by atoms with Crippen molar-refractivity contribution < 1.29 is 10.0 Å². The monoisotopic (exact) mass is 269 g/mol. The van der Waals surface area contributed by atoms with E-state index in [1.54, 1.807) is 18.2 Å². The molecule has 6 heteroatoms. The fourth-order valence-electron chi connectivity index (χ4n) is 1.51. The van der Waals surface area contributed by atoms with Crippen LogP contribution in [0.25, 0.3) is 0 Å². The van der Waals surface area contributed by atoms with Crippen molar-refractivity contribution in [2.75, 3.05) is 13.1 Å². The summed E-state index contributed by atoms with van der Waals surface area (Å²) in [7, 11) is 0. The zero-order chi connectivity index (χ0) is 13.7. The number of rotatable bonds is 4. The van der Waals surface area contributed by atoms with E-state index in [-0.39, 0.29) is 18.3 Å². The largest absolute Gasteiger partial charge is 0.409 e. The molecule has 0 bridgehead atoms. The van der Waals surface area contributed by atoms with Crippen molar-refractivity contribution in [3.8, 4) is 0 Å². The molecule has 98 valence electrons. The summed E-state index contributed by atoms with van der Waals surface area (Å²) in [5.74, 6) is -0.181. The number of carbonyl (C=O) groups is 1. The van der Waals surface area contributed by atoms with Gasteiger partial charge in [0.15, 0.2) is 5.84 Å². The number of oxime groups is 1. The lowest BCUT2D eigenvalue weighted by Crippen LogP contribution is -2.38. The van der Waals surface area contributed by atoms with E-state index >= 15 is 0 Å². The van der Waals surface area contributed by atoms with Gasteiger partial charge in [-0.3, -0.25) is 4.79 Å². The van der Waals surface area contributed by atoms with Crippen molar-refractivity contribution in [2.24, 2.45) is 10.9 Å². The molecule has 0 saturated carbocycles. The van der Waals surface area contributed by atoms with Crippen LogP contribution < -0.4 is 5.73 Å². The zero-order valence-corrected chi connectivity index (χ0v) is 11.1. The van der Waals surface area contributed by atoms with Gasteiger partial charge in [0.25, 0.3) is 5.91 Å². The highest BCUT2D eigenvalue weighted by Gasteiger charge is 2.16. The highest BCUT2D eigenvalue weighted by molar-refractivity contribution is 6.31. The maximum absolute atomic E-state index is 12.2. The molecule has 0 saturated heterocycles. The summed E-state index contributed by atoms with van der Waals surface area (Å²) in [6.07, 6.45) is 0. The molecule has 3 N–H and O–H groups in total. The first-order valence-electron chi connectivity index (χ1n) is 5.51. The molecule has 0 spiro atoms. The van der Waals surface area contributed by atoms with Gasteiger partial charge in [-0.2, -0.15) is 0 Å². The number of amides is 1. The Kier molecular flexibility index (Phi) is 4.97. The fraction of sp³-hybridized carbons (Fsp3) is 0.333. The van der Waals surface area contributed by atoms with Crippen LogP contribution in [-0.2, 0) is 0 Å². The number of benzene rings is 1. The van der Waals surface area contributed by atoms with Gasteiger partial charge < -0.3 is 15.8 Å². The Morgan fingerprint density at radius 1 is 1.56 bits per heavy atom. The fourth-order valence-corrected chi connectivity index (χ4v) is 1.63. The Labute approximate surface area is 111 Å². The maximum Gasteiger partial charge on any atom is 0.254 e. The second-order valence-electron chi connectivity index (χ2n) is 3.87. The second kappa shape index (κ2) is 6.26. The molecule has 0 heterocycles. The molecule has 0 aliphatic heterocycles. The molecule has 1 amide bonds. The average molecular weight is 270 g/mol. The molecule has 0 aliphatic carbocycles. The van der Waals surface area contributed by atoms with Gasteiger partial charge in [-0.25, -0.2) is 0 Å². The van der Waals surface area contributed by atoms with Crippen LogP contribution in [0.1, 0.15) is 22.8 Å². The molecule has 0 radical (unpaired) electrons. The number of aryl methyl sites for hydroxylation is 1. The summed E-state index contributed by atoms with van der Waals surface area (Å²) in [6, 6.07) is 5.06. The summed E-state index contributed by atoms with van der Waals surface area (Å²) in [5.41, 5.74) is 6.77. The SMILES string of the molecule is CCN(C/C(N)=N/O)C(=O)c1ccc(Cl)c(C)c1. The normalized spacial score (nSPS) is 11.4. The van der Waals surface area contributed by atoms with E-state index in [1.165, 1.54) is 4.90 Å². The van der Waals surface area contributed by atoms with Crippen LogP contribution in [0.5, 0.6) is 0 Å². The Morgan fingerprint density at radius 3 is 2.72 bits per heavy atom. The van der Waals surface area contributed by atoms with Gasteiger partial charge >= 0.3 is 0 Å². The van der Waals surface area contributed by atoms with Crippen LogP contribution in [0.4, 0.5) is 0 Å². The van der Waals surface area contributed by atoms with Gasteiger partial charge in [-0.05, 0) is 37.6 Å². The van der Waals surface area contributed by atoms with Gasteiger partial charge in [-0.1, -0.05) is 16.8 Å². The van der Waals surface area contributed by atoms with Crippen LogP contribution in [0.3, 0.4) is 0 Å². The second-order valence-corrected chi connectivity index (χ2v) is 4.28. The minimum absolute atomic E-state index is 0.00381. The van der Waals surface area contributed by atoms with E-state index < -0.39 is 0 Å². The molecule has 0 unspecified atom stereocenters.